The Morgan fingerprint density at radius 2 is 2.13 bits per heavy atom. The van der Waals surface area contributed by atoms with Crippen molar-refractivity contribution in [3.63, 3.8) is 0 Å². The van der Waals surface area contributed by atoms with Gasteiger partial charge in [0.15, 0.2) is 0 Å². The highest BCUT2D eigenvalue weighted by Gasteiger charge is 2.01. The number of rotatable bonds is 5. The lowest BCUT2D eigenvalue weighted by Crippen LogP contribution is -2.04. The fraction of sp³-hybridized carbons (Fsp3) is 0.364. The third kappa shape index (κ3) is 4.34. The molecule has 0 aliphatic carbocycles. The molecule has 0 radical (unpaired) electrons. The molecule has 3 nitrogen and oxygen atoms in total. The van der Waals surface area contributed by atoms with Gasteiger partial charge in [0, 0.05) is 6.42 Å². The van der Waals surface area contributed by atoms with Gasteiger partial charge >= 0.3 is 5.97 Å². The second-order valence-electron chi connectivity index (χ2n) is 2.96. The van der Waals surface area contributed by atoms with Crippen LogP contribution in [-0.4, -0.2) is 19.7 Å². The minimum absolute atomic E-state index is 0.203. The summed E-state index contributed by atoms with van der Waals surface area (Å²) in [6, 6.07) is 7.61. The number of benzene rings is 1. The first kappa shape index (κ1) is 12.0. The SMILES string of the molecule is COC(=O)CCCOc1ccccc1Br. The van der Waals surface area contributed by atoms with Crippen LogP contribution in [0.5, 0.6) is 5.75 Å². The Balaban J connectivity index is 2.26. The second kappa shape index (κ2) is 6.45. The Morgan fingerprint density at radius 3 is 2.80 bits per heavy atom. The van der Waals surface area contributed by atoms with E-state index in [1.807, 2.05) is 24.3 Å². The zero-order valence-electron chi connectivity index (χ0n) is 8.53. The zero-order chi connectivity index (χ0) is 11.1. The van der Waals surface area contributed by atoms with E-state index < -0.39 is 0 Å². The third-order valence-electron chi connectivity index (χ3n) is 1.85. The summed E-state index contributed by atoms with van der Waals surface area (Å²) in [5, 5.41) is 0. The van der Waals surface area contributed by atoms with E-state index >= 15 is 0 Å². The van der Waals surface area contributed by atoms with Crippen LogP contribution in [0, 0.1) is 0 Å². The Morgan fingerprint density at radius 1 is 1.40 bits per heavy atom. The topological polar surface area (TPSA) is 35.5 Å². The molecule has 0 aliphatic heterocycles. The molecule has 1 aromatic rings. The Hall–Kier alpha value is -1.03. The van der Waals surface area contributed by atoms with Crippen LogP contribution in [-0.2, 0) is 9.53 Å². The molecule has 0 heterocycles. The maximum absolute atomic E-state index is 10.8. The summed E-state index contributed by atoms with van der Waals surface area (Å²) in [7, 11) is 1.39. The summed E-state index contributed by atoms with van der Waals surface area (Å²) in [6.45, 7) is 0.512. The minimum Gasteiger partial charge on any atom is -0.492 e. The van der Waals surface area contributed by atoms with Gasteiger partial charge in [0.2, 0.25) is 0 Å². The van der Waals surface area contributed by atoms with Gasteiger partial charge in [0.1, 0.15) is 5.75 Å². The fourth-order valence-corrected chi connectivity index (χ4v) is 1.46. The quantitative estimate of drug-likeness (QED) is 0.611. The maximum Gasteiger partial charge on any atom is 0.305 e. The van der Waals surface area contributed by atoms with E-state index in [-0.39, 0.29) is 5.97 Å². The first-order valence-corrected chi connectivity index (χ1v) is 5.47. The standard InChI is InChI=1S/C11H13BrO3/c1-14-11(13)7-4-8-15-10-6-3-2-5-9(10)12/h2-3,5-6H,4,7-8H2,1H3. The van der Waals surface area contributed by atoms with E-state index in [0.717, 1.165) is 10.2 Å². The summed E-state index contributed by atoms with van der Waals surface area (Å²) < 4.78 is 10.9. The lowest BCUT2D eigenvalue weighted by atomic mass is 10.3. The molecule has 0 bridgehead atoms. The summed E-state index contributed by atoms with van der Waals surface area (Å²) in [5.74, 6) is 0.591. The molecule has 0 saturated carbocycles. The van der Waals surface area contributed by atoms with Crippen LogP contribution in [0.15, 0.2) is 28.7 Å². The fourth-order valence-electron chi connectivity index (χ4n) is 1.06. The van der Waals surface area contributed by atoms with Crippen LogP contribution >= 0.6 is 15.9 Å². The van der Waals surface area contributed by atoms with Crippen LogP contribution in [0.2, 0.25) is 0 Å². The predicted octanol–water partition coefficient (Wildman–Crippen LogP) is 2.78. The number of para-hydroxylation sites is 1. The van der Waals surface area contributed by atoms with Gasteiger partial charge in [-0.05, 0) is 34.5 Å². The summed E-state index contributed by atoms with van der Waals surface area (Å²) >= 11 is 3.37. The molecular formula is C11H13BrO3. The summed E-state index contributed by atoms with van der Waals surface area (Å²) in [6.07, 6.45) is 1.05. The number of carbonyl (C=O) groups excluding carboxylic acids is 1. The van der Waals surface area contributed by atoms with E-state index in [1.165, 1.54) is 7.11 Å². The van der Waals surface area contributed by atoms with Crippen molar-refractivity contribution in [3.8, 4) is 5.75 Å². The lowest BCUT2D eigenvalue weighted by Gasteiger charge is -2.06. The number of carbonyl (C=O) groups is 1. The highest BCUT2D eigenvalue weighted by molar-refractivity contribution is 9.10. The van der Waals surface area contributed by atoms with Gasteiger partial charge in [-0.1, -0.05) is 12.1 Å². The van der Waals surface area contributed by atoms with Crippen LogP contribution in [0.4, 0.5) is 0 Å². The molecular weight excluding hydrogens is 260 g/mol. The van der Waals surface area contributed by atoms with E-state index in [9.17, 15) is 4.79 Å². The maximum atomic E-state index is 10.8. The molecule has 1 rings (SSSR count). The Labute approximate surface area is 97.5 Å². The molecule has 0 unspecified atom stereocenters. The van der Waals surface area contributed by atoms with Crippen molar-refractivity contribution < 1.29 is 14.3 Å². The molecule has 0 aliphatic rings. The van der Waals surface area contributed by atoms with E-state index in [0.29, 0.717) is 19.4 Å². The van der Waals surface area contributed by atoms with Gasteiger partial charge in [0.25, 0.3) is 0 Å². The van der Waals surface area contributed by atoms with Gasteiger partial charge in [-0.2, -0.15) is 0 Å². The molecule has 0 spiro atoms. The van der Waals surface area contributed by atoms with Crippen LogP contribution in [0.25, 0.3) is 0 Å². The zero-order valence-corrected chi connectivity index (χ0v) is 10.1. The molecule has 0 atom stereocenters. The highest BCUT2D eigenvalue weighted by Crippen LogP contribution is 2.23. The summed E-state index contributed by atoms with van der Waals surface area (Å²) in [4.78, 5) is 10.8. The Kier molecular flexibility index (Phi) is 5.18. The Bertz CT molecular complexity index is 325. The average Bonchev–Trinajstić information content (AvgIpc) is 2.26. The average molecular weight is 273 g/mol. The van der Waals surface area contributed by atoms with Crippen molar-refractivity contribution in [1.82, 2.24) is 0 Å². The largest absolute Gasteiger partial charge is 0.492 e. The first-order chi connectivity index (χ1) is 7.24. The van der Waals surface area contributed by atoms with Crippen molar-refractivity contribution in [1.29, 1.82) is 0 Å². The van der Waals surface area contributed by atoms with Gasteiger partial charge in [-0.15, -0.1) is 0 Å². The van der Waals surface area contributed by atoms with Gasteiger partial charge in [0.05, 0.1) is 18.2 Å². The van der Waals surface area contributed by atoms with Gasteiger partial charge in [-0.3, -0.25) is 4.79 Å². The first-order valence-electron chi connectivity index (χ1n) is 4.68. The highest BCUT2D eigenvalue weighted by atomic mass is 79.9. The predicted molar refractivity (Wildman–Crippen MR) is 60.9 cm³/mol. The molecule has 0 amide bonds. The van der Waals surface area contributed by atoms with Crippen LogP contribution < -0.4 is 4.74 Å². The lowest BCUT2D eigenvalue weighted by molar-refractivity contribution is -0.140. The van der Waals surface area contributed by atoms with Crippen molar-refractivity contribution in [2.45, 2.75) is 12.8 Å². The van der Waals surface area contributed by atoms with E-state index in [4.69, 9.17) is 4.74 Å². The normalized spacial score (nSPS) is 9.73. The molecule has 0 saturated heterocycles. The van der Waals surface area contributed by atoms with Crippen molar-refractivity contribution in [2.75, 3.05) is 13.7 Å². The minimum atomic E-state index is -0.203. The number of halogens is 1. The second-order valence-corrected chi connectivity index (χ2v) is 3.81. The van der Waals surface area contributed by atoms with Crippen molar-refractivity contribution in [3.05, 3.63) is 28.7 Å². The smallest absolute Gasteiger partial charge is 0.305 e. The van der Waals surface area contributed by atoms with Crippen molar-refractivity contribution in [2.24, 2.45) is 0 Å². The number of hydrogen-bond donors (Lipinski definition) is 0. The van der Waals surface area contributed by atoms with E-state index in [1.54, 1.807) is 0 Å². The molecule has 15 heavy (non-hydrogen) atoms. The number of esters is 1. The van der Waals surface area contributed by atoms with E-state index in [2.05, 4.69) is 20.7 Å². The third-order valence-corrected chi connectivity index (χ3v) is 2.50. The molecule has 0 N–H and O–H groups in total. The van der Waals surface area contributed by atoms with Crippen molar-refractivity contribution >= 4 is 21.9 Å². The molecule has 0 aromatic heterocycles. The van der Waals surface area contributed by atoms with Crippen LogP contribution in [0.1, 0.15) is 12.8 Å². The van der Waals surface area contributed by atoms with Gasteiger partial charge in [-0.25, -0.2) is 0 Å². The monoisotopic (exact) mass is 272 g/mol. The molecule has 0 fully saturated rings. The molecule has 4 heteroatoms. The number of hydrogen-bond acceptors (Lipinski definition) is 3. The summed E-state index contributed by atoms with van der Waals surface area (Å²) in [5.41, 5.74) is 0. The molecule has 82 valence electrons. The number of ether oxygens (including phenoxy) is 2. The van der Waals surface area contributed by atoms with Gasteiger partial charge < -0.3 is 9.47 Å². The van der Waals surface area contributed by atoms with Crippen LogP contribution in [0.3, 0.4) is 0 Å². The molecule has 1 aromatic carbocycles. The number of methoxy groups -OCH3 is 1.